The van der Waals surface area contributed by atoms with Gasteiger partial charge in [-0.3, -0.25) is 0 Å². The van der Waals surface area contributed by atoms with Crippen molar-refractivity contribution in [2.75, 3.05) is 11.9 Å². The highest BCUT2D eigenvalue weighted by molar-refractivity contribution is 5.61. The van der Waals surface area contributed by atoms with Crippen LogP contribution in [0.4, 0.5) is 19.1 Å². The van der Waals surface area contributed by atoms with Crippen LogP contribution in [0.1, 0.15) is 12.6 Å². The highest BCUT2D eigenvalue weighted by Gasteiger charge is 2.16. The van der Waals surface area contributed by atoms with Crippen LogP contribution < -0.4 is 5.32 Å². The molecule has 0 fully saturated rings. The van der Waals surface area contributed by atoms with Crippen molar-refractivity contribution in [2.45, 2.75) is 13.8 Å². The quantitative estimate of drug-likeness (QED) is 0.867. The summed E-state index contributed by atoms with van der Waals surface area (Å²) in [6, 6.07) is 3.54. The van der Waals surface area contributed by atoms with Gasteiger partial charge in [0.15, 0.2) is 17.5 Å². The van der Waals surface area contributed by atoms with Gasteiger partial charge in [-0.25, -0.2) is 23.1 Å². The van der Waals surface area contributed by atoms with E-state index in [4.69, 9.17) is 0 Å². The van der Waals surface area contributed by atoms with Gasteiger partial charge in [0.2, 0.25) is 5.95 Å². The van der Waals surface area contributed by atoms with Crippen molar-refractivity contribution in [3.8, 4) is 11.3 Å². The first kappa shape index (κ1) is 13.3. The van der Waals surface area contributed by atoms with Gasteiger partial charge < -0.3 is 5.32 Å². The van der Waals surface area contributed by atoms with Crippen molar-refractivity contribution in [3.05, 3.63) is 41.3 Å². The van der Waals surface area contributed by atoms with Crippen LogP contribution in [0.2, 0.25) is 0 Å². The molecule has 1 aromatic carbocycles. The lowest BCUT2D eigenvalue weighted by Gasteiger charge is -2.08. The molecular weight excluding hydrogens is 255 g/mol. The van der Waals surface area contributed by atoms with E-state index in [0.29, 0.717) is 18.2 Å². The van der Waals surface area contributed by atoms with E-state index in [9.17, 15) is 13.2 Å². The summed E-state index contributed by atoms with van der Waals surface area (Å²) in [6.45, 7) is 4.18. The van der Waals surface area contributed by atoms with E-state index >= 15 is 0 Å². The lowest BCUT2D eigenvalue weighted by atomic mass is 10.1. The maximum Gasteiger partial charge on any atom is 0.223 e. The Hall–Kier alpha value is -2.11. The van der Waals surface area contributed by atoms with Crippen molar-refractivity contribution >= 4 is 5.95 Å². The van der Waals surface area contributed by atoms with Crippen LogP contribution in [-0.2, 0) is 0 Å². The van der Waals surface area contributed by atoms with Crippen molar-refractivity contribution in [2.24, 2.45) is 0 Å². The number of benzene rings is 1. The Kier molecular flexibility index (Phi) is 3.69. The van der Waals surface area contributed by atoms with Crippen molar-refractivity contribution in [3.63, 3.8) is 0 Å². The molecule has 0 aliphatic carbocycles. The average molecular weight is 267 g/mol. The Morgan fingerprint density at radius 2 is 1.84 bits per heavy atom. The number of aryl methyl sites for hydroxylation is 1. The highest BCUT2D eigenvalue weighted by atomic mass is 19.2. The smallest absolute Gasteiger partial charge is 0.223 e. The van der Waals surface area contributed by atoms with Gasteiger partial charge in [-0.05, 0) is 32.0 Å². The molecule has 0 unspecified atom stereocenters. The normalized spacial score (nSPS) is 10.6. The summed E-state index contributed by atoms with van der Waals surface area (Å²) >= 11 is 0. The minimum atomic E-state index is -1.50. The monoisotopic (exact) mass is 267 g/mol. The molecule has 0 amide bonds. The van der Waals surface area contributed by atoms with E-state index in [2.05, 4.69) is 15.3 Å². The van der Waals surface area contributed by atoms with Crippen LogP contribution in [0.5, 0.6) is 0 Å². The Morgan fingerprint density at radius 1 is 1.11 bits per heavy atom. The largest absolute Gasteiger partial charge is 0.354 e. The molecule has 2 rings (SSSR count). The fraction of sp³-hybridized carbons (Fsp3) is 0.231. The SMILES string of the molecule is CCNc1nc(C)cc(-c2ccc(F)c(F)c2F)n1. The molecule has 0 saturated heterocycles. The zero-order valence-electron chi connectivity index (χ0n) is 10.5. The second-order valence-electron chi connectivity index (χ2n) is 3.97. The summed E-state index contributed by atoms with van der Waals surface area (Å²) in [5.74, 6) is -3.65. The Balaban J connectivity index is 2.55. The first-order chi connectivity index (χ1) is 9.02. The molecule has 0 radical (unpaired) electrons. The maximum absolute atomic E-state index is 13.7. The van der Waals surface area contributed by atoms with Crippen LogP contribution in [0.3, 0.4) is 0 Å². The number of nitrogens with one attached hydrogen (secondary N) is 1. The second-order valence-corrected chi connectivity index (χ2v) is 3.97. The Morgan fingerprint density at radius 3 is 2.53 bits per heavy atom. The number of hydrogen-bond acceptors (Lipinski definition) is 3. The van der Waals surface area contributed by atoms with Gasteiger partial charge in [-0.2, -0.15) is 0 Å². The van der Waals surface area contributed by atoms with E-state index in [1.165, 1.54) is 6.07 Å². The molecule has 6 heteroatoms. The zero-order chi connectivity index (χ0) is 14.0. The van der Waals surface area contributed by atoms with Gasteiger partial charge in [0.05, 0.1) is 5.69 Å². The summed E-state index contributed by atoms with van der Waals surface area (Å²) in [6.07, 6.45) is 0. The second kappa shape index (κ2) is 5.26. The van der Waals surface area contributed by atoms with E-state index in [0.717, 1.165) is 12.1 Å². The van der Waals surface area contributed by atoms with E-state index in [1.54, 1.807) is 6.92 Å². The average Bonchev–Trinajstić information content (AvgIpc) is 2.36. The van der Waals surface area contributed by atoms with Crippen LogP contribution >= 0.6 is 0 Å². The van der Waals surface area contributed by atoms with Crippen LogP contribution in [0.15, 0.2) is 18.2 Å². The molecule has 100 valence electrons. The van der Waals surface area contributed by atoms with E-state index < -0.39 is 17.5 Å². The predicted molar refractivity (Wildman–Crippen MR) is 66.2 cm³/mol. The lowest BCUT2D eigenvalue weighted by Crippen LogP contribution is -2.05. The molecule has 0 aliphatic rings. The minimum Gasteiger partial charge on any atom is -0.354 e. The summed E-state index contributed by atoms with van der Waals surface area (Å²) in [4.78, 5) is 8.18. The molecule has 19 heavy (non-hydrogen) atoms. The number of rotatable bonds is 3. The van der Waals surface area contributed by atoms with Gasteiger partial charge >= 0.3 is 0 Å². The third kappa shape index (κ3) is 2.67. The lowest BCUT2D eigenvalue weighted by molar-refractivity contribution is 0.449. The first-order valence-corrected chi connectivity index (χ1v) is 5.76. The summed E-state index contributed by atoms with van der Waals surface area (Å²) in [7, 11) is 0. The van der Waals surface area contributed by atoms with Crippen LogP contribution in [0.25, 0.3) is 11.3 Å². The molecule has 1 N–H and O–H groups in total. The third-order valence-electron chi connectivity index (χ3n) is 2.50. The molecule has 0 spiro atoms. The molecule has 2 aromatic rings. The van der Waals surface area contributed by atoms with Gasteiger partial charge in [0.25, 0.3) is 0 Å². The number of halogens is 3. The van der Waals surface area contributed by atoms with Gasteiger partial charge in [-0.15, -0.1) is 0 Å². The predicted octanol–water partition coefficient (Wildman–Crippen LogP) is 3.30. The number of nitrogens with zero attached hydrogens (tertiary/aromatic N) is 2. The zero-order valence-corrected chi connectivity index (χ0v) is 10.5. The fourth-order valence-corrected chi connectivity index (χ4v) is 1.67. The van der Waals surface area contributed by atoms with Crippen molar-refractivity contribution in [1.29, 1.82) is 0 Å². The van der Waals surface area contributed by atoms with Gasteiger partial charge in [0.1, 0.15) is 0 Å². The van der Waals surface area contributed by atoms with Crippen LogP contribution in [0, 0.1) is 24.4 Å². The molecule has 0 aliphatic heterocycles. The summed E-state index contributed by atoms with van der Waals surface area (Å²) in [5.41, 5.74) is 0.716. The highest BCUT2D eigenvalue weighted by Crippen LogP contribution is 2.25. The van der Waals surface area contributed by atoms with Gasteiger partial charge in [-0.1, -0.05) is 0 Å². The van der Waals surface area contributed by atoms with Crippen molar-refractivity contribution in [1.82, 2.24) is 9.97 Å². The maximum atomic E-state index is 13.7. The first-order valence-electron chi connectivity index (χ1n) is 5.76. The molecule has 3 nitrogen and oxygen atoms in total. The number of hydrogen-bond donors (Lipinski definition) is 1. The molecule has 0 saturated carbocycles. The molecule has 0 bridgehead atoms. The topological polar surface area (TPSA) is 37.8 Å². The minimum absolute atomic E-state index is 0.0939. The third-order valence-corrected chi connectivity index (χ3v) is 2.50. The molecule has 1 heterocycles. The Bertz CT molecular complexity index is 614. The Labute approximate surface area is 108 Å². The van der Waals surface area contributed by atoms with Crippen molar-refractivity contribution < 1.29 is 13.2 Å². The van der Waals surface area contributed by atoms with E-state index in [1.807, 2.05) is 6.92 Å². The van der Waals surface area contributed by atoms with E-state index in [-0.39, 0.29) is 11.3 Å². The number of aromatic nitrogens is 2. The van der Waals surface area contributed by atoms with Crippen LogP contribution in [-0.4, -0.2) is 16.5 Å². The standard InChI is InChI=1S/C13H12F3N3/c1-3-17-13-18-7(2)6-10(19-13)8-4-5-9(14)12(16)11(8)15/h4-6H,3H2,1-2H3,(H,17,18,19). The molecular formula is C13H12F3N3. The summed E-state index contributed by atoms with van der Waals surface area (Å²) < 4.78 is 39.8. The number of anilines is 1. The molecule has 0 atom stereocenters. The summed E-state index contributed by atoms with van der Waals surface area (Å²) in [5, 5.41) is 2.89. The fourth-order valence-electron chi connectivity index (χ4n) is 1.67. The van der Waals surface area contributed by atoms with Gasteiger partial charge in [0, 0.05) is 17.8 Å². The molecule has 1 aromatic heterocycles.